The summed E-state index contributed by atoms with van der Waals surface area (Å²) in [6.45, 7) is 2.54. The highest BCUT2D eigenvalue weighted by Crippen LogP contribution is 2.43. The van der Waals surface area contributed by atoms with E-state index in [4.69, 9.17) is 24.8 Å². The third-order valence-corrected chi connectivity index (χ3v) is 7.64. The molecule has 2 unspecified atom stereocenters. The van der Waals surface area contributed by atoms with Gasteiger partial charge in [0.25, 0.3) is 0 Å². The Hall–Kier alpha value is -2.56. The number of hydrogen-bond donors (Lipinski definition) is 3. The Labute approximate surface area is 275 Å². The number of phosphoric acid groups is 1. The lowest BCUT2D eigenvalue weighted by Gasteiger charge is -2.20. The number of aliphatic carboxylic acids is 1. The summed E-state index contributed by atoms with van der Waals surface area (Å²) in [6, 6.07) is -1.53. The minimum atomic E-state index is -4.71. The number of hydrogen-bond acceptors (Lipinski definition) is 9. The zero-order valence-electron chi connectivity index (χ0n) is 27.9. The van der Waals surface area contributed by atoms with Crippen LogP contribution < -0.4 is 5.73 Å². The minimum Gasteiger partial charge on any atom is -0.480 e. The van der Waals surface area contributed by atoms with Gasteiger partial charge in [-0.2, -0.15) is 0 Å². The highest BCUT2D eigenvalue weighted by Gasteiger charge is 2.28. The van der Waals surface area contributed by atoms with Gasteiger partial charge in [-0.1, -0.05) is 120 Å². The van der Waals surface area contributed by atoms with E-state index in [9.17, 15) is 23.8 Å². The molecule has 264 valence electrons. The lowest BCUT2D eigenvalue weighted by molar-refractivity contribution is -0.161. The van der Waals surface area contributed by atoms with Gasteiger partial charge >= 0.3 is 25.7 Å². The molecule has 0 aliphatic rings. The summed E-state index contributed by atoms with van der Waals surface area (Å²) < 4.78 is 32.3. The van der Waals surface area contributed by atoms with Gasteiger partial charge in [0.15, 0.2) is 6.10 Å². The monoisotopic (exact) mass is 671 g/mol. The molecule has 11 nitrogen and oxygen atoms in total. The van der Waals surface area contributed by atoms with Crippen molar-refractivity contribution in [1.82, 2.24) is 0 Å². The molecule has 0 radical (unpaired) electrons. The van der Waals surface area contributed by atoms with Gasteiger partial charge in [0.1, 0.15) is 12.6 Å². The van der Waals surface area contributed by atoms with Crippen LogP contribution in [-0.4, -0.2) is 59.9 Å². The van der Waals surface area contributed by atoms with E-state index in [-0.39, 0.29) is 19.4 Å². The number of carboxylic acids is 1. The second-order valence-corrected chi connectivity index (χ2v) is 12.5. The molecule has 0 amide bonds. The van der Waals surface area contributed by atoms with Crippen molar-refractivity contribution in [2.24, 2.45) is 5.73 Å². The maximum absolute atomic E-state index is 12.5. The summed E-state index contributed by atoms with van der Waals surface area (Å²) in [7, 11) is -4.71. The fourth-order valence-corrected chi connectivity index (χ4v) is 4.79. The van der Waals surface area contributed by atoms with Gasteiger partial charge in [0.05, 0.1) is 13.2 Å². The Kier molecular flexibility index (Phi) is 28.2. The standard InChI is InChI=1S/C34H58NO10P/c1-3-5-7-9-11-13-14-15-16-18-20-22-24-26-33(37)45-30(28-43-46(40,41)44-29-31(35)34(38)39)27-42-32(36)25-23-21-19-17-12-10-8-6-4-2/h5,7,9,11,13-16,30-31H,3-4,6,8,10,12,17-29,35H2,1-2H3,(H,38,39)(H,40,41)/b7-5+,11-9+,14-13+,16-15+/t30?,31-/m0/s1. The number of nitrogens with two attached hydrogens (primary N) is 1. The highest BCUT2D eigenvalue weighted by molar-refractivity contribution is 7.47. The largest absolute Gasteiger partial charge is 0.480 e. The van der Waals surface area contributed by atoms with Crippen LogP contribution in [0.1, 0.15) is 117 Å². The van der Waals surface area contributed by atoms with Crippen molar-refractivity contribution in [3.05, 3.63) is 48.6 Å². The van der Waals surface area contributed by atoms with Crippen LogP contribution in [-0.2, 0) is 37.5 Å². The molecule has 4 N–H and O–H groups in total. The van der Waals surface area contributed by atoms with Crippen LogP contribution in [0.5, 0.6) is 0 Å². The van der Waals surface area contributed by atoms with Crippen molar-refractivity contribution in [3.8, 4) is 0 Å². The second-order valence-electron chi connectivity index (χ2n) is 11.0. The van der Waals surface area contributed by atoms with Crippen LogP contribution in [0, 0.1) is 0 Å². The zero-order valence-corrected chi connectivity index (χ0v) is 28.8. The van der Waals surface area contributed by atoms with Gasteiger partial charge in [-0.05, 0) is 32.1 Å². The van der Waals surface area contributed by atoms with Gasteiger partial charge in [-0.15, -0.1) is 0 Å². The van der Waals surface area contributed by atoms with Crippen LogP contribution in [0.15, 0.2) is 48.6 Å². The molecular formula is C34H58NO10P. The number of unbranched alkanes of at least 4 members (excludes halogenated alkanes) is 11. The van der Waals surface area contributed by atoms with Crippen molar-refractivity contribution in [3.63, 3.8) is 0 Å². The van der Waals surface area contributed by atoms with Gasteiger partial charge in [0, 0.05) is 12.8 Å². The van der Waals surface area contributed by atoms with E-state index in [1.54, 1.807) is 0 Å². The molecule has 0 bridgehead atoms. The highest BCUT2D eigenvalue weighted by atomic mass is 31.2. The summed E-state index contributed by atoms with van der Waals surface area (Å²) in [5, 5.41) is 8.82. The number of carbonyl (C=O) groups excluding carboxylic acids is 2. The Morgan fingerprint density at radius 2 is 1.22 bits per heavy atom. The maximum Gasteiger partial charge on any atom is 0.472 e. The summed E-state index contributed by atoms with van der Waals surface area (Å²) in [5.74, 6) is -2.44. The fraction of sp³-hybridized carbons (Fsp3) is 0.676. The smallest absolute Gasteiger partial charge is 0.472 e. The van der Waals surface area contributed by atoms with Crippen molar-refractivity contribution in [1.29, 1.82) is 0 Å². The van der Waals surface area contributed by atoms with Crippen molar-refractivity contribution in [2.75, 3.05) is 19.8 Å². The molecular weight excluding hydrogens is 613 g/mol. The molecule has 0 aromatic rings. The molecule has 0 saturated heterocycles. The Balaban J connectivity index is 4.61. The lowest BCUT2D eigenvalue weighted by Crippen LogP contribution is -2.34. The minimum absolute atomic E-state index is 0.114. The number of esters is 2. The molecule has 46 heavy (non-hydrogen) atoms. The number of ether oxygens (including phenoxy) is 2. The van der Waals surface area contributed by atoms with Gasteiger partial charge in [-0.25, -0.2) is 4.57 Å². The zero-order chi connectivity index (χ0) is 34.3. The quantitative estimate of drug-likeness (QED) is 0.0299. The van der Waals surface area contributed by atoms with Crippen LogP contribution in [0.2, 0.25) is 0 Å². The number of phosphoric ester groups is 1. The first-order valence-corrected chi connectivity index (χ1v) is 18.2. The summed E-state index contributed by atoms with van der Waals surface area (Å²) in [5.41, 5.74) is 5.29. The Bertz CT molecular complexity index is 979. The second kappa shape index (κ2) is 29.8. The predicted molar refractivity (Wildman–Crippen MR) is 180 cm³/mol. The maximum atomic E-state index is 12.5. The van der Waals surface area contributed by atoms with E-state index in [2.05, 4.69) is 30.5 Å². The van der Waals surface area contributed by atoms with Crippen molar-refractivity contribution >= 4 is 25.7 Å². The molecule has 0 heterocycles. The average molecular weight is 672 g/mol. The first-order valence-electron chi connectivity index (χ1n) is 16.7. The topological polar surface area (TPSA) is 172 Å². The van der Waals surface area contributed by atoms with E-state index in [1.807, 2.05) is 36.5 Å². The van der Waals surface area contributed by atoms with E-state index < -0.39 is 51.1 Å². The molecule has 0 aromatic carbocycles. The average Bonchev–Trinajstić information content (AvgIpc) is 3.02. The Morgan fingerprint density at radius 1 is 0.696 bits per heavy atom. The van der Waals surface area contributed by atoms with Gasteiger partial charge in [-0.3, -0.25) is 23.4 Å². The summed E-state index contributed by atoms with van der Waals surface area (Å²) in [4.78, 5) is 45.5. The van der Waals surface area contributed by atoms with Crippen LogP contribution in [0.3, 0.4) is 0 Å². The fourth-order valence-electron chi connectivity index (χ4n) is 4.01. The van der Waals surface area contributed by atoms with Crippen LogP contribution in [0.25, 0.3) is 0 Å². The number of allylic oxidation sites excluding steroid dienone is 8. The van der Waals surface area contributed by atoms with E-state index >= 15 is 0 Å². The molecule has 0 spiro atoms. The van der Waals surface area contributed by atoms with E-state index in [0.29, 0.717) is 12.8 Å². The number of rotatable bonds is 30. The first kappa shape index (κ1) is 43.4. The third-order valence-electron chi connectivity index (χ3n) is 6.69. The Morgan fingerprint density at radius 3 is 1.83 bits per heavy atom. The lowest BCUT2D eigenvalue weighted by atomic mass is 10.1. The van der Waals surface area contributed by atoms with Crippen molar-refractivity contribution < 1.29 is 47.5 Å². The number of carboxylic acid groups (broad SMARTS) is 1. The third kappa shape index (κ3) is 28.9. The molecule has 0 saturated carbocycles. The SMILES string of the molecule is CC/C=C/C=C/C=C/C=C/CCCCCC(=O)OC(COC(=O)CCCCCCCCCCC)COP(=O)(O)OC[C@H](N)C(=O)O. The van der Waals surface area contributed by atoms with Crippen molar-refractivity contribution in [2.45, 2.75) is 129 Å². The molecule has 0 fully saturated rings. The van der Waals surface area contributed by atoms with Crippen LogP contribution in [0.4, 0.5) is 0 Å². The predicted octanol–water partition coefficient (Wildman–Crippen LogP) is 7.49. The first-order chi connectivity index (χ1) is 22.1. The van der Waals surface area contributed by atoms with E-state index in [1.165, 1.54) is 32.1 Å². The summed E-state index contributed by atoms with van der Waals surface area (Å²) in [6.07, 6.45) is 29.2. The van der Waals surface area contributed by atoms with Gasteiger partial charge in [0.2, 0.25) is 0 Å². The molecule has 0 aliphatic carbocycles. The van der Waals surface area contributed by atoms with E-state index in [0.717, 1.165) is 44.9 Å². The molecule has 0 rings (SSSR count). The summed E-state index contributed by atoms with van der Waals surface area (Å²) >= 11 is 0. The molecule has 12 heteroatoms. The molecule has 0 aromatic heterocycles. The normalized spacial score (nSPS) is 14.7. The molecule has 3 atom stereocenters. The van der Waals surface area contributed by atoms with Crippen LogP contribution >= 0.6 is 7.82 Å². The molecule has 0 aliphatic heterocycles. The number of carbonyl (C=O) groups is 3. The van der Waals surface area contributed by atoms with Gasteiger partial charge < -0.3 is 25.2 Å².